The van der Waals surface area contributed by atoms with E-state index in [4.69, 9.17) is 4.74 Å². The Balaban J connectivity index is 1.05. The van der Waals surface area contributed by atoms with E-state index in [1.807, 2.05) is 0 Å². The van der Waals surface area contributed by atoms with E-state index in [-0.39, 0.29) is 43.4 Å². The van der Waals surface area contributed by atoms with Crippen molar-refractivity contribution < 1.29 is 31.9 Å². The third-order valence-electron chi connectivity index (χ3n) is 8.40. The van der Waals surface area contributed by atoms with Gasteiger partial charge in [0.15, 0.2) is 5.78 Å². The van der Waals surface area contributed by atoms with Crippen molar-refractivity contribution >= 4 is 27.8 Å². The summed E-state index contributed by atoms with van der Waals surface area (Å²) in [6, 6.07) is 4.20. The van der Waals surface area contributed by atoms with E-state index in [9.17, 15) is 27.2 Å². The topological polar surface area (TPSA) is 122 Å². The first-order valence-electron chi connectivity index (χ1n) is 12.7. The van der Waals surface area contributed by atoms with E-state index in [0.29, 0.717) is 37.3 Å². The summed E-state index contributed by atoms with van der Waals surface area (Å²) in [7, 11) is -3.68. The standard InChI is InChI=1S/C25H30FN3O6S/c26-20-3-1-2-15-12-29(13-18(15)20)24(32)35-16-8-21(27-11-16)22(30)10-25(9-19(25)14-4-5-14)23(31)28-36(33,34)17-6-7-17/h1-3,14,16-17,19,21,27H,4-13H2,(H,28,31)/t16-,19+,21+,25-/m1/s1. The van der Waals surface area contributed by atoms with Crippen LogP contribution in [-0.2, 0) is 37.4 Å². The zero-order chi connectivity index (χ0) is 25.2. The van der Waals surface area contributed by atoms with Gasteiger partial charge in [0.2, 0.25) is 15.9 Å². The van der Waals surface area contributed by atoms with Crippen LogP contribution in [0, 0.1) is 23.1 Å². The highest BCUT2D eigenvalue weighted by Crippen LogP contribution is 2.65. The average molecular weight is 520 g/mol. The fourth-order valence-electron chi connectivity index (χ4n) is 5.89. The number of nitrogens with zero attached hydrogens (tertiary/aromatic N) is 1. The number of ketones is 1. The molecule has 9 nitrogen and oxygen atoms in total. The molecule has 2 N–H and O–H groups in total. The van der Waals surface area contributed by atoms with Gasteiger partial charge in [-0.2, -0.15) is 0 Å². The van der Waals surface area contributed by atoms with Gasteiger partial charge in [-0.25, -0.2) is 17.6 Å². The summed E-state index contributed by atoms with van der Waals surface area (Å²) in [5.74, 6) is -0.619. The van der Waals surface area contributed by atoms with Gasteiger partial charge in [0.25, 0.3) is 0 Å². The molecule has 36 heavy (non-hydrogen) atoms. The predicted molar refractivity (Wildman–Crippen MR) is 125 cm³/mol. The second kappa shape index (κ2) is 8.51. The molecule has 3 saturated carbocycles. The summed E-state index contributed by atoms with van der Waals surface area (Å²) >= 11 is 0. The molecule has 4 atom stereocenters. The Kier molecular flexibility index (Phi) is 5.64. The number of rotatable bonds is 8. The highest BCUT2D eigenvalue weighted by atomic mass is 32.2. The van der Waals surface area contributed by atoms with Crippen molar-refractivity contribution in [1.82, 2.24) is 14.9 Å². The lowest BCUT2D eigenvalue weighted by molar-refractivity contribution is -0.131. The van der Waals surface area contributed by atoms with Gasteiger partial charge < -0.3 is 10.1 Å². The molecule has 0 radical (unpaired) electrons. The summed E-state index contributed by atoms with van der Waals surface area (Å²) in [4.78, 5) is 40.4. The Bertz CT molecular complexity index is 1230. The number of sulfonamides is 1. The van der Waals surface area contributed by atoms with Crippen LogP contribution in [0.2, 0.25) is 0 Å². The third-order valence-corrected chi connectivity index (χ3v) is 10.2. The maximum atomic E-state index is 14.0. The molecule has 0 bridgehead atoms. The number of nitrogens with one attached hydrogen (secondary N) is 2. The van der Waals surface area contributed by atoms with Gasteiger partial charge in [-0.05, 0) is 55.6 Å². The van der Waals surface area contributed by atoms with Crippen LogP contribution >= 0.6 is 0 Å². The molecule has 11 heteroatoms. The molecule has 0 unspecified atom stereocenters. The highest BCUT2D eigenvalue weighted by Gasteiger charge is 2.66. The number of carbonyl (C=O) groups excluding carboxylic acids is 3. The van der Waals surface area contributed by atoms with Crippen molar-refractivity contribution in [3.05, 3.63) is 35.1 Å². The van der Waals surface area contributed by atoms with Crippen molar-refractivity contribution in [2.24, 2.45) is 17.3 Å². The number of hydrogen-bond acceptors (Lipinski definition) is 7. The molecule has 0 aromatic heterocycles. The minimum absolute atomic E-state index is 0.0147. The smallest absolute Gasteiger partial charge is 0.410 e. The third kappa shape index (κ3) is 4.40. The van der Waals surface area contributed by atoms with Gasteiger partial charge >= 0.3 is 6.09 Å². The van der Waals surface area contributed by atoms with Crippen molar-refractivity contribution in [3.63, 3.8) is 0 Å². The first-order valence-corrected chi connectivity index (χ1v) is 14.2. The SMILES string of the molecule is O=C(C[C@]1(C(=O)NS(=O)(=O)C2CC2)C[C@H]1C1CC1)[C@@H]1C[C@@H](OC(=O)N2Cc3cccc(F)c3C2)CN1. The number of halogens is 1. The van der Waals surface area contributed by atoms with Gasteiger partial charge in [-0.15, -0.1) is 0 Å². The molecular weight excluding hydrogens is 489 g/mol. The number of ether oxygens (including phenoxy) is 1. The lowest BCUT2D eigenvalue weighted by Gasteiger charge is -2.20. The number of fused-ring (bicyclic) bond motifs is 1. The lowest BCUT2D eigenvalue weighted by Crippen LogP contribution is -2.42. The number of hydrogen-bond donors (Lipinski definition) is 2. The molecule has 1 aromatic carbocycles. The van der Waals surface area contributed by atoms with E-state index < -0.39 is 44.8 Å². The molecular formula is C25H30FN3O6S. The summed E-state index contributed by atoms with van der Waals surface area (Å²) in [6.07, 6.45) is 2.87. The zero-order valence-corrected chi connectivity index (χ0v) is 20.7. The van der Waals surface area contributed by atoms with E-state index in [0.717, 1.165) is 18.4 Å². The van der Waals surface area contributed by atoms with Gasteiger partial charge in [0.1, 0.15) is 11.9 Å². The Morgan fingerprint density at radius 3 is 2.64 bits per heavy atom. The first-order chi connectivity index (χ1) is 17.2. The number of Topliss-reactive ketones (excluding diaryl/α,β-unsaturated/α-hetero) is 1. The average Bonchev–Trinajstić information content (AvgIpc) is 3.73. The van der Waals surface area contributed by atoms with E-state index in [1.54, 1.807) is 12.1 Å². The van der Waals surface area contributed by atoms with Gasteiger partial charge in [0, 0.05) is 31.5 Å². The van der Waals surface area contributed by atoms with E-state index in [2.05, 4.69) is 10.0 Å². The summed E-state index contributed by atoms with van der Waals surface area (Å²) < 4.78 is 46.6. The first kappa shape index (κ1) is 23.8. The number of benzene rings is 1. The summed E-state index contributed by atoms with van der Waals surface area (Å²) in [5.41, 5.74) is 0.294. The molecule has 1 saturated heterocycles. The normalized spacial score (nSPS) is 31.1. The van der Waals surface area contributed by atoms with Crippen molar-refractivity contribution in [2.75, 3.05) is 6.54 Å². The lowest BCUT2D eigenvalue weighted by atomic mass is 9.90. The quantitative estimate of drug-likeness (QED) is 0.539. The highest BCUT2D eigenvalue weighted by molar-refractivity contribution is 7.90. The van der Waals surface area contributed by atoms with Crippen molar-refractivity contribution in [3.8, 4) is 0 Å². The van der Waals surface area contributed by atoms with Gasteiger partial charge in [-0.3, -0.25) is 19.2 Å². The zero-order valence-electron chi connectivity index (χ0n) is 19.9. The minimum atomic E-state index is -3.68. The Morgan fingerprint density at radius 2 is 1.94 bits per heavy atom. The molecule has 0 spiro atoms. The molecule has 3 aliphatic carbocycles. The molecule has 2 amide bonds. The van der Waals surface area contributed by atoms with Crippen molar-refractivity contribution in [1.29, 1.82) is 0 Å². The van der Waals surface area contributed by atoms with E-state index >= 15 is 0 Å². The molecule has 4 fully saturated rings. The van der Waals surface area contributed by atoms with Gasteiger partial charge in [0.05, 0.1) is 23.3 Å². The second-order valence-electron chi connectivity index (χ2n) is 11.1. The van der Waals surface area contributed by atoms with Crippen molar-refractivity contribution in [2.45, 2.75) is 75.4 Å². The fourth-order valence-corrected chi connectivity index (χ4v) is 7.27. The van der Waals surface area contributed by atoms with Crippen LogP contribution in [0.15, 0.2) is 18.2 Å². The van der Waals surface area contributed by atoms with Crippen LogP contribution < -0.4 is 10.0 Å². The fraction of sp³-hybridized carbons (Fsp3) is 0.640. The summed E-state index contributed by atoms with van der Waals surface area (Å²) in [6.45, 7) is 0.726. The Hall–Kier alpha value is -2.53. The molecule has 194 valence electrons. The van der Waals surface area contributed by atoms with Crippen LogP contribution in [-0.4, -0.2) is 55.0 Å². The van der Waals surface area contributed by atoms with Crippen LogP contribution in [0.5, 0.6) is 0 Å². The Labute approximate surface area is 209 Å². The number of amides is 2. The molecule has 5 aliphatic rings. The van der Waals surface area contributed by atoms with Crippen LogP contribution in [0.4, 0.5) is 9.18 Å². The molecule has 2 aliphatic heterocycles. The monoisotopic (exact) mass is 519 g/mol. The second-order valence-corrected chi connectivity index (χ2v) is 13.0. The van der Waals surface area contributed by atoms with Crippen LogP contribution in [0.1, 0.15) is 56.1 Å². The molecule has 1 aromatic rings. The maximum absolute atomic E-state index is 14.0. The molecule has 6 rings (SSSR count). The van der Waals surface area contributed by atoms with Crippen LogP contribution in [0.3, 0.4) is 0 Å². The van der Waals surface area contributed by atoms with Gasteiger partial charge in [-0.1, -0.05) is 12.1 Å². The predicted octanol–water partition coefficient (Wildman–Crippen LogP) is 1.99. The maximum Gasteiger partial charge on any atom is 0.410 e. The van der Waals surface area contributed by atoms with E-state index in [1.165, 1.54) is 11.0 Å². The largest absolute Gasteiger partial charge is 0.445 e. The minimum Gasteiger partial charge on any atom is -0.445 e. The molecule has 2 heterocycles. The Morgan fingerprint density at radius 1 is 1.17 bits per heavy atom. The number of carbonyl (C=O) groups is 3. The summed E-state index contributed by atoms with van der Waals surface area (Å²) in [5, 5.41) is 2.60. The van der Waals surface area contributed by atoms with Crippen LogP contribution in [0.25, 0.3) is 0 Å².